The van der Waals surface area contributed by atoms with Gasteiger partial charge in [0, 0.05) is 12.6 Å². The standard InChI is InChI=1S/C16H25NO2/c1-13(2)17-9-5-10-18-12-16-15-7-4-3-6-14(15)8-11-19-16/h3-4,6-7,13,16-17H,5,8-12H2,1-2H3. The van der Waals surface area contributed by atoms with Gasteiger partial charge in [-0.2, -0.15) is 0 Å². The van der Waals surface area contributed by atoms with E-state index in [0.29, 0.717) is 12.6 Å². The average molecular weight is 263 g/mol. The minimum Gasteiger partial charge on any atom is -0.378 e. The van der Waals surface area contributed by atoms with Gasteiger partial charge in [-0.05, 0) is 30.5 Å². The Balaban J connectivity index is 1.70. The molecule has 0 aromatic heterocycles. The molecule has 0 fully saturated rings. The van der Waals surface area contributed by atoms with Gasteiger partial charge in [-0.1, -0.05) is 38.1 Å². The molecule has 0 saturated carbocycles. The van der Waals surface area contributed by atoms with Gasteiger partial charge in [0.25, 0.3) is 0 Å². The molecule has 0 spiro atoms. The van der Waals surface area contributed by atoms with Crippen LogP contribution in [0.3, 0.4) is 0 Å². The highest BCUT2D eigenvalue weighted by atomic mass is 16.5. The van der Waals surface area contributed by atoms with Crippen molar-refractivity contribution in [1.29, 1.82) is 0 Å². The third kappa shape index (κ3) is 4.60. The van der Waals surface area contributed by atoms with Crippen LogP contribution in [0, 0.1) is 0 Å². The molecule has 1 aliphatic heterocycles. The molecule has 1 N–H and O–H groups in total. The van der Waals surface area contributed by atoms with Crippen LogP contribution >= 0.6 is 0 Å². The lowest BCUT2D eigenvalue weighted by Gasteiger charge is -2.25. The van der Waals surface area contributed by atoms with Crippen LogP contribution in [0.4, 0.5) is 0 Å². The first-order valence-electron chi connectivity index (χ1n) is 7.28. The smallest absolute Gasteiger partial charge is 0.106 e. The fraction of sp³-hybridized carbons (Fsp3) is 0.625. The zero-order valence-corrected chi connectivity index (χ0v) is 12.0. The summed E-state index contributed by atoms with van der Waals surface area (Å²) in [5, 5.41) is 3.39. The largest absolute Gasteiger partial charge is 0.378 e. The summed E-state index contributed by atoms with van der Waals surface area (Å²) in [4.78, 5) is 0. The lowest BCUT2D eigenvalue weighted by Crippen LogP contribution is -2.25. The van der Waals surface area contributed by atoms with E-state index < -0.39 is 0 Å². The molecular weight excluding hydrogens is 238 g/mol. The number of rotatable bonds is 7. The Morgan fingerprint density at radius 3 is 3.05 bits per heavy atom. The van der Waals surface area contributed by atoms with Crippen LogP contribution in [-0.4, -0.2) is 32.4 Å². The third-order valence-corrected chi connectivity index (χ3v) is 3.38. The fourth-order valence-corrected chi connectivity index (χ4v) is 2.37. The molecule has 0 aliphatic carbocycles. The number of benzene rings is 1. The van der Waals surface area contributed by atoms with E-state index in [0.717, 1.165) is 32.6 Å². The number of hydrogen-bond donors (Lipinski definition) is 1. The van der Waals surface area contributed by atoms with Crippen molar-refractivity contribution in [3.63, 3.8) is 0 Å². The molecule has 1 aromatic rings. The van der Waals surface area contributed by atoms with Crippen molar-refractivity contribution in [1.82, 2.24) is 5.32 Å². The Labute approximate surface area is 116 Å². The average Bonchev–Trinajstić information content (AvgIpc) is 2.42. The number of ether oxygens (including phenoxy) is 2. The summed E-state index contributed by atoms with van der Waals surface area (Å²) in [5.41, 5.74) is 2.71. The van der Waals surface area contributed by atoms with Gasteiger partial charge in [0.05, 0.1) is 13.2 Å². The molecule has 1 unspecified atom stereocenters. The van der Waals surface area contributed by atoms with E-state index in [1.165, 1.54) is 11.1 Å². The highest BCUT2D eigenvalue weighted by Gasteiger charge is 2.20. The van der Waals surface area contributed by atoms with Gasteiger partial charge in [-0.15, -0.1) is 0 Å². The number of fused-ring (bicyclic) bond motifs is 1. The second kappa shape index (κ2) is 7.63. The molecular formula is C16H25NO2. The normalized spacial score (nSPS) is 18.6. The maximum atomic E-state index is 5.81. The molecule has 1 atom stereocenters. The van der Waals surface area contributed by atoms with E-state index in [2.05, 4.69) is 43.4 Å². The Morgan fingerprint density at radius 2 is 2.21 bits per heavy atom. The lowest BCUT2D eigenvalue weighted by atomic mass is 9.98. The monoisotopic (exact) mass is 263 g/mol. The van der Waals surface area contributed by atoms with E-state index >= 15 is 0 Å². The highest BCUT2D eigenvalue weighted by molar-refractivity contribution is 5.30. The third-order valence-electron chi connectivity index (χ3n) is 3.38. The van der Waals surface area contributed by atoms with Crippen molar-refractivity contribution in [2.75, 3.05) is 26.4 Å². The molecule has 1 heterocycles. The van der Waals surface area contributed by atoms with Crippen LogP contribution in [0.1, 0.15) is 37.5 Å². The maximum Gasteiger partial charge on any atom is 0.106 e. The predicted octanol–water partition coefficient (Wildman–Crippen LogP) is 2.71. The molecule has 106 valence electrons. The molecule has 2 rings (SSSR count). The van der Waals surface area contributed by atoms with Crippen LogP contribution < -0.4 is 5.32 Å². The van der Waals surface area contributed by atoms with Gasteiger partial charge < -0.3 is 14.8 Å². The summed E-state index contributed by atoms with van der Waals surface area (Å²) in [7, 11) is 0. The van der Waals surface area contributed by atoms with Crippen LogP contribution in [0.5, 0.6) is 0 Å². The maximum absolute atomic E-state index is 5.81. The first-order valence-corrected chi connectivity index (χ1v) is 7.28. The molecule has 3 heteroatoms. The Hall–Kier alpha value is -0.900. The van der Waals surface area contributed by atoms with Crippen molar-refractivity contribution in [3.05, 3.63) is 35.4 Å². The highest BCUT2D eigenvalue weighted by Crippen LogP contribution is 2.26. The molecule has 0 saturated heterocycles. The summed E-state index contributed by atoms with van der Waals surface area (Å²) in [5.74, 6) is 0. The van der Waals surface area contributed by atoms with Gasteiger partial charge in [0.1, 0.15) is 6.10 Å². The second-order valence-electron chi connectivity index (χ2n) is 5.35. The van der Waals surface area contributed by atoms with Crippen molar-refractivity contribution < 1.29 is 9.47 Å². The van der Waals surface area contributed by atoms with Crippen molar-refractivity contribution in [2.24, 2.45) is 0 Å². The molecule has 19 heavy (non-hydrogen) atoms. The molecule has 3 nitrogen and oxygen atoms in total. The Bertz CT molecular complexity index is 379. The summed E-state index contributed by atoms with van der Waals surface area (Å²) in [6, 6.07) is 9.07. The summed E-state index contributed by atoms with van der Waals surface area (Å²) < 4.78 is 11.6. The minimum atomic E-state index is 0.114. The first-order chi connectivity index (χ1) is 9.27. The quantitative estimate of drug-likeness (QED) is 0.767. The zero-order chi connectivity index (χ0) is 13.5. The SMILES string of the molecule is CC(C)NCCCOCC1OCCc2ccccc21. The summed E-state index contributed by atoms with van der Waals surface area (Å²) in [6.07, 6.45) is 2.18. The van der Waals surface area contributed by atoms with Crippen molar-refractivity contribution >= 4 is 0 Å². The van der Waals surface area contributed by atoms with Gasteiger partial charge in [0.2, 0.25) is 0 Å². The Morgan fingerprint density at radius 1 is 1.37 bits per heavy atom. The molecule has 0 bridgehead atoms. The van der Waals surface area contributed by atoms with Gasteiger partial charge in [-0.3, -0.25) is 0 Å². The van der Waals surface area contributed by atoms with E-state index in [-0.39, 0.29) is 6.10 Å². The Kier molecular flexibility index (Phi) is 5.83. The van der Waals surface area contributed by atoms with Gasteiger partial charge in [-0.25, -0.2) is 0 Å². The number of hydrogen-bond acceptors (Lipinski definition) is 3. The summed E-state index contributed by atoms with van der Waals surface area (Å²) in [6.45, 7) is 7.60. The van der Waals surface area contributed by atoms with E-state index in [1.807, 2.05) is 0 Å². The van der Waals surface area contributed by atoms with E-state index in [4.69, 9.17) is 9.47 Å². The topological polar surface area (TPSA) is 30.5 Å². The van der Waals surface area contributed by atoms with Gasteiger partial charge >= 0.3 is 0 Å². The van der Waals surface area contributed by atoms with Crippen LogP contribution in [0.25, 0.3) is 0 Å². The first kappa shape index (κ1) is 14.5. The zero-order valence-electron chi connectivity index (χ0n) is 12.0. The lowest BCUT2D eigenvalue weighted by molar-refractivity contribution is -0.0253. The van der Waals surface area contributed by atoms with E-state index in [9.17, 15) is 0 Å². The van der Waals surface area contributed by atoms with Crippen LogP contribution in [0.15, 0.2) is 24.3 Å². The second-order valence-corrected chi connectivity index (χ2v) is 5.35. The van der Waals surface area contributed by atoms with Crippen LogP contribution in [0.2, 0.25) is 0 Å². The fourth-order valence-electron chi connectivity index (χ4n) is 2.37. The van der Waals surface area contributed by atoms with Gasteiger partial charge in [0.15, 0.2) is 0 Å². The number of nitrogens with one attached hydrogen (secondary N) is 1. The van der Waals surface area contributed by atoms with Crippen LogP contribution in [-0.2, 0) is 15.9 Å². The molecule has 1 aliphatic rings. The van der Waals surface area contributed by atoms with E-state index in [1.54, 1.807) is 0 Å². The molecule has 0 amide bonds. The predicted molar refractivity (Wildman–Crippen MR) is 77.4 cm³/mol. The molecule has 1 aromatic carbocycles. The van der Waals surface area contributed by atoms with Crippen molar-refractivity contribution in [3.8, 4) is 0 Å². The van der Waals surface area contributed by atoms with Crippen molar-refractivity contribution in [2.45, 2.75) is 38.8 Å². The molecule has 0 radical (unpaired) electrons. The minimum absolute atomic E-state index is 0.114. The summed E-state index contributed by atoms with van der Waals surface area (Å²) >= 11 is 0.